The smallest absolute Gasteiger partial charge is 0.306 e. The monoisotopic (exact) mass is 901 g/mol. The summed E-state index contributed by atoms with van der Waals surface area (Å²) in [6, 6.07) is 0. The van der Waals surface area contributed by atoms with Crippen molar-refractivity contribution < 1.29 is 44.2 Å². The van der Waals surface area contributed by atoms with Crippen LogP contribution < -0.4 is 0 Å². The Morgan fingerprint density at radius 2 is 0.953 bits per heavy atom. The molecule has 1 rings (SSSR count). The maximum atomic E-state index is 12.8. The van der Waals surface area contributed by atoms with Crippen molar-refractivity contribution in [3.8, 4) is 0 Å². The molecule has 1 saturated heterocycles. The van der Waals surface area contributed by atoms with Crippen molar-refractivity contribution in [3.05, 3.63) is 72.9 Å². The molecule has 9 heteroatoms. The molecular weight excluding hydrogens is 805 g/mol. The predicted molar refractivity (Wildman–Crippen MR) is 265 cm³/mol. The second kappa shape index (κ2) is 45.8. The summed E-state index contributed by atoms with van der Waals surface area (Å²) in [6.07, 6.45) is 53.7. The van der Waals surface area contributed by atoms with Crippen LogP contribution in [0.5, 0.6) is 0 Å². The second-order valence-electron chi connectivity index (χ2n) is 17.6. The lowest BCUT2D eigenvalue weighted by molar-refractivity contribution is -0.305. The highest BCUT2D eigenvalue weighted by molar-refractivity contribution is 5.69. The van der Waals surface area contributed by atoms with Crippen molar-refractivity contribution in [2.24, 2.45) is 0 Å². The van der Waals surface area contributed by atoms with E-state index >= 15 is 0 Å². The summed E-state index contributed by atoms with van der Waals surface area (Å²) < 4.78 is 22.9. The minimum atomic E-state index is -1.55. The van der Waals surface area contributed by atoms with Crippen LogP contribution in [0.2, 0.25) is 0 Å². The molecule has 0 amide bonds. The zero-order valence-corrected chi connectivity index (χ0v) is 40.8. The van der Waals surface area contributed by atoms with Crippen LogP contribution in [0.25, 0.3) is 0 Å². The van der Waals surface area contributed by atoms with Crippen LogP contribution in [0.15, 0.2) is 72.9 Å². The average Bonchev–Trinajstić information content (AvgIpc) is 3.30. The number of esters is 1. The van der Waals surface area contributed by atoms with E-state index in [0.29, 0.717) is 13.0 Å². The fourth-order valence-electron chi connectivity index (χ4n) is 7.57. The Hall–Kier alpha value is -2.37. The fourth-order valence-corrected chi connectivity index (χ4v) is 7.57. The maximum Gasteiger partial charge on any atom is 0.306 e. The van der Waals surface area contributed by atoms with Crippen LogP contribution in [0, 0.1) is 0 Å². The summed E-state index contributed by atoms with van der Waals surface area (Å²) in [5, 5.41) is 40.3. The summed E-state index contributed by atoms with van der Waals surface area (Å²) in [5.74, 6) is -0.345. The van der Waals surface area contributed by atoms with Crippen molar-refractivity contribution in [1.29, 1.82) is 0 Å². The van der Waals surface area contributed by atoms with Crippen LogP contribution in [0.4, 0.5) is 0 Å². The zero-order valence-electron chi connectivity index (χ0n) is 40.8. The number of unbranched alkanes of at least 4 members (excludes halogenated alkanes) is 21. The standard InChI is InChI=1S/C55H96O9/c1-3-5-7-9-11-13-15-17-19-21-23-24-25-27-29-31-33-35-37-39-41-43-45-61-47-49(48-62-55-54(60)53(59)52(58)50(46-56)64-55)63-51(57)44-42-40-38-36-34-32-30-28-26-22-20-18-16-14-12-10-8-6-4-2/h6,8,12,14,18,20-21,23,26,28,32,34,49-50,52-56,58-60H,3-5,7,9-11,13,15-17,19,22,24-25,27,29-31,33,35-48H2,1-2H3/b8-6-,14-12-,20-18-,23-21-,28-26-,34-32-. The SMILES string of the molecule is CC/C=C\C/C=C\C/C=C\C/C=C\C/C=C\CCCCCC(=O)OC(COCCCCCCCCCCCC/C=C\CCCCCCCCCC)COC1OC(CO)C(O)C(O)C1O. The van der Waals surface area contributed by atoms with Crippen LogP contribution in [-0.4, -0.2) is 89.6 Å². The predicted octanol–water partition coefficient (Wildman–Crippen LogP) is 12.8. The van der Waals surface area contributed by atoms with E-state index in [1.165, 1.54) is 116 Å². The van der Waals surface area contributed by atoms with Gasteiger partial charge < -0.3 is 39.4 Å². The van der Waals surface area contributed by atoms with E-state index in [2.05, 4.69) is 86.8 Å². The topological polar surface area (TPSA) is 135 Å². The molecule has 64 heavy (non-hydrogen) atoms. The number of allylic oxidation sites excluding steroid dienone is 12. The van der Waals surface area contributed by atoms with E-state index in [0.717, 1.165) is 64.2 Å². The lowest BCUT2D eigenvalue weighted by atomic mass is 9.99. The molecule has 6 atom stereocenters. The molecule has 0 radical (unpaired) electrons. The van der Waals surface area contributed by atoms with Gasteiger partial charge in [0.1, 0.15) is 30.5 Å². The molecule has 1 aliphatic heterocycles. The molecule has 4 N–H and O–H groups in total. The highest BCUT2D eigenvalue weighted by atomic mass is 16.7. The van der Waals surface area contributed by atoms with Gasteiger partial charge in [0.2, 0.25) is 0 Å². The summed E-state index contributed by atoms with van der Waals surface area (Å²) in [6.45, 7) is 4.41. The van der Waals surface area contributed by atoms with E-state index in [1.54, 1.807) is 0 Å². The Morgan fingerprint density at radius 3 is 1.45 bits per heavy atom. The van der Waals surface area contributed by atoms with Gasteiger partial charge in [-0.05, 0) is 83.5 Å². The number of hydrogen-bond acceptors (Lipinski definition) is 9. The van der Waals surface area contributed by atoms with Gasteiger partial charge in [-0.1, -0.05) is 189 Å². The van der Waals surface area contributed by atoms with Crippen molar-refractivity contribution in [2.45, 2.75) is 243 Å². The number of aliphatic hydroxyl groups excluding tert-OH is 4. The molecule has 1 aliphatic rings. The van der Waals surface area contributed by atoms with Gasteiger partial charge in [-0.25, -0.2) is 0 Å². The van der Waals surface area contributed by atoms with Gasteiger partial charge in [-0.2, -0.15) is 0 Å². The first-order valence-electron chi connectivity index (χ1n) is 26.0. The Kier molecular flexibility index (Phi) is 42.7. The van der Waals surface area contributed by atoms with Crippen LogP contribution >= 0.6 is 0 Å². The molecule has 0 spiro atoms. The fraction of sp³-hybridized carbons (Fsp3) is 0.764. The van der Waals surface area contributed by atoms with Gasteiger partial charge in [0.25, 0.3) is 0 Å². The van der Waals surface area contributed by atoms with E-state index in [-0.39, 0.29) is 25.6 Å². The van der Waals surface area contributed by atoms with E-state index in [4.69, 9.17) is 18.9 Å². The number of rotatable bonds is 44. The average molecular weight is 901 g/mol. The molecule has 0 aromatic rings. The van der Waals surface area contributed by atoms with Crippen molar-refractivity contribution in [3.63, 3.8) is 0 Å². The quantitative estimate of drug-likeness (QED) is 0.0268. The highest BCUT2D eigenvalue weighted by Crippen LogP contribution is 2.23. The minimum Gasteiger partial charge on any atom is -0.457 e. The molecular formula is C55H96O9. The number of carbonyl (C=O) groups excluding carboxylic acids is 1. The molecule has 0 aromatic heterocycles. The first kappa shape index (κ1) is 59.6. The Balaban J connectivity index is 2.23. The number of carbonyl (C=O) groups is 1. The first-order chi connectivity index (χ1) is 31.4. The third-order valence-corrected chi connectivity index (χ3v) is 11.6. The Labute approximate surface area is 391 Å². The number of ether oxygens (including phenoxy) is 4. The van der Waals surface area contributed by atoms with Crippen LogP contribution in [0.3, 0.4) is 0 Å². The summed E-state index contributed by atoms with van der Waals surface area (Å²) in [5.41, 5.74) is 0. The number of aliphatic hydroxyl groups is 4. The summed E-state index contributed by atoms with van der Waals surface area (Å²) in [4.78, 5) is 12.8. The normalized spacial score (nSPS) is 20.1. The van der Waals surface area contributed by atoms with Crippen LogP contribution in [0.1, 0.15) is 206 Å². The molecule has 0 bridgehead atoms. The lowest BCUT2D eigenvalue weighted by Crippen LogP contribution is -2.59. The molecule has 1 heterocycles. The minimum absolute atomic E-state index is 0.127. The zero-order chi connectivity index (χ0) is 46.4. The maximum absolute atomic E-state index is 12.8. The summed E-state index contributed by atoms with van der Waals surface area (Å²) >= 11 is 0. The molecule has 0 saturated carbocycles. The van der Waals surface area contributed by atoms with Gasteiger partial charge in [-0.15, -0.1) is 0 Å². The van der Waals surface area contributed by atoms with E-state index < -0.39 is 43.4 Å². The van der Waals surface area contributed by atoms with Gasteiger partial charge in [-0.3, -0.25) is 4.79 Å². The molecule has 370 valence electrons. The van der Waals surface area contributed by atoms with Gasteiger partial charge in [0, 0.05) is 13.0 Å². The molecule has 6 unspecified atom stereocenters. The lowest BCUT2D eigenvalue weighted by Gasteiger charge is -2.39. The van der Waals surface area contributed by atoms with E-state index in [1.807, 2.05) is 0 Å². The third kappa shape index (κ3) is 35.8. The van der Waals surface area contributed by atoms with Crippen LogP contribution in [-0.2, 0) is 23.7 Å². The molecule has 0 aliphatic carbocycles. The third-order valence-electron chi connectivity index (χ3n) is 11.6. The Bertz CT molecular complexity index is 1210. The molecule has 1 fully saturated rings. The molecule has 9 nitrogen and oxygen atoms in total. The van der Waals surface area contributed by atoms with Gasteiger partial charge >= 0.3 is 5.97 Å². The van der Waals surface area contributed by atoms with Crippen molar-refractivity contribution in [1.82, 2.24) is 0 Å². The summed E-state index contributed by atoms with van der Waals surface area (Å²) in [7, 11) is 0. The first-order valence-corrected chi connectivity index (χ1v) is 26.0. The molecule has 0 aromatic carbocycles. The number of hydrogen-bond donors (Lipinski definition) is 4. The van der Waals surface area contributed by atoms with Gasteiger partial charge in [0.05, 0.1) is 19.8 Å². The second-order valence-corrected chi connectivity index (χ2v) is 17.6. The van der Waals surface area contributed by atoms with Crippen molar-refractivity contribution in [2.75, 3.05) is 26.4 Å². The van der Waals surface area contributed by atoms with Gasteiger partial charge in [0.15, 0.2) is 6.29 Å². The largest absolute Gasteiger partial charge is 0.457 e. The van der Waals surface area contributed by atoms with E-state index in [9.17, 15) is 25.2 Å². The highest BCUT2D eigenvalue weighted by Gasteiger charge is 2.44. The Morgan fingerprint density at radius 1 is 0.516 bits per heavy atom. The van der Waals surface area contributed by atoms with Crippen molar-refractivity contribution >= 4 is 5.97 Å².